The largest absolute Gasteiger partial charge is 0.199 e. The first kappa shape index (κ1) is 8.84. The van der Waals surface area contributed by atoms with Gasteiger partial charge in [-0.3, -0.25) is 0 Å². The number of nitriles is 1. The molecule has 0 radical (unpaired) electrons. The molecule has 0 rings (SSSR count). The Balaban J connectivity index is 0. The molecule has 0 atom stereocenters. The van der Waals surface area contributed by atoms with Crippen LogP contribution in [0.3, 0.4) is 0 Å². The van der Waals surface area contributed by atoms with E-state index < -0.39 is 0 Å². The molecule has 0 aliphatic carbocycles. The maximum absolute atomic E-state index is 7.32. The average molecular weight is 132 g/mol. The minimum Gasteiger partial charge on any atom is -0.199 e. The van der Waals surface area contributed by atoms with Crippen LogP contribution in [0, 0.1) is 11.3 Å². The third-order valence-corrected chi connectivity index (χ3v) is 0. The zero-order chi connectivity index (χ0) is 2.71. The van der Waals surface area contributed by atoms with Gasteiger partial charge in [0.25, 0.3) is 0 Å². The van der Waals surface area contributed by atoms with E-state index in [1.807, 2.05) is 0 Å². The van der Waals surface area contributed by atoms with Crippen molar-refractivity contribution in [1.29, 1.82) is 5.26 Å². The van der Waals surface area contributed by atoms with Crippen molar-refractivity contribution in [1.82, 2.24) is 0 Å². The molecule has 0 N–H and O–H groups in total. The average Bonchev–Trinajstić information content (AvgIpc) is 0.918. The van der Waals surface area contributed by atoms with E-state index in [4.69, 9.17) is 5.26 Å². The van der Waals surface area contributed by atoms with Crippen LogP contribution in [-0.4, -0.2) is 0 Å². The van der Waals surface area contributed by atoms with Crippen molar-refractivity contribution in [2.75, 3.05) is 0 Å². The van der Waals surface area contributed by atoms with Crippen molar-refractivity contribution in [3.8, 4) is 6.07 Å². The van der Waals surface area contributed by atoms with Gasteiger partial charge in [0, 0.05) is 33.1 Å². The molecule has 0 spiro atoms. The zero-order valence-corrected chi connectivity index (χ0v) is 4.91. The van der Waals surface area contributed by atoms with E-state index in [-0.39, 0.29) is 26.2 Å². The minimum absolute atomic E-state index is 0. The van der Waals surface area contributed by atoms with Crippen molar-refractivity contribution in [2.45, 2.75) is 6.92 Å². The Morgan fingerprint density at radius 3 is 1.75 bits per heavy atom. The fraction of sp³-hybridized carbons (Fsp3) is 0.500. The summed E-state index contributed by atoms with van der Waals surface area (Å²) in [5, 5.41) is 7.32. The zero-order valence-electron chi connectivity index (χ0n) is 2.45. The minimum atomic E-state index is 0. The molecule has 20 valence electrons. The van der Waals surface area contributed by atoms with Crippen molar-refractivity contribution >= 4 is 0 Å². The Bertz CT molecular complexity index is 27.5. The maximum Gasteiger partial charge on any atom is 0.0587 e. The predicted molar refractivity (Wildman–Crippen MR) is 11.3 cm³/mol. The number of nitrogens with zero attached hydrogens (tertiary/aromatic N) is 1. The van der Waals surface area contributed by atoms with Crippen LogP contribution < -0.4 is 0 Å². The van der Waals surface area contributed by atoms with Gasteiger partial charge in [-0.05, 0) is 0 Å². The molecular weight excluding hydrogens is 129 g/mol. The van der Waals surface area contributed by atoms with Gasteiger partial charge in [-0.25, -0.2) is 0 Å². The summed E-state index contributed by atoms with van der Waals surface area (Å²) in [5.74, 6) is 0. The molecule has 0 amide bonds. The Morgan fingerprint density at radius 2 is 1.75 bits per heavy atom. The number of hydrogen-bond donors (Lipinski definition) is 0. The SMILES string of the molecule is CC#N.[Zr]. The number of hydrogen-bond acceptors (Lipinski definition) is 1. The van der Waals surface area contributed by atoms with E-state index in [0.717, 1.165) is 0 Å². The first-order valence-electron chi connectivity index (χ1n) is 0.724. The summed E-state index contributed by atoms with van der Waals surface area (Å²) in [5.41, 5.74) is 0. The van der Waals surface area contributed by atoms with Crippen molar-refractivity contribution in [3.05, 3.63) is 0 Å². The molecule has 0 unspecified atom stereocenters. The van der Waals surface area contributed by atoms with Crippen LogP contribution in [0.2, 0.25) is 0 Å². The summed E-state index contributed by atoms with van der Waals surface area (Å²) in [7, 11) is 0. The Hall–Kier alpha value is 0.373. The molecule has 0 aromatic carbocycles. The molecule has 0 fully saturated rings. The van der Waals surface area contributed by atoms with Crippen molar-refractivity contribution in [3.63, 3.8) is 0 Å². The number of rotatable bonds is 0. The third-order valence-electron chi connectivity index (χ3n) is 0. The second kappa shape index (κ2) is 10.1. The summed E-state index contributed by atoms with van der Waals surface area (Å²) in [6.07, 6.45) is 0. The van der Waals surface area contributed by atoms with Gasteiger partial charge in [0.15, 0.2) is 0 Å². The molecule has 4 heavy (non-hydrogen) atoms. The van der Waals surface area contributed by atoms with Crippen LogP contribution >= 0.6 is 0 Å². The summed E-state index contributed by atoms with van der Waals surface area (Å²) >= 11 is 0. The van der Waals surface area contributed by atoms with E-state index in [2.05, 4.69) is 0 Å². The standard InChI is InChI=1S/C2H3N.Zr/c1-2-3;/h1H3;. The van der Waals surface area contributed by atoms with Crippen LogP contribution in [-0.2, 0) is 26.2 Å². The van der Waals surface area contributed by atoms with Crippen LogP contribution in [0.25, 0.3) is 0 Å². The second-order valence-electron chi connectivity index (χ2n) is 0.224. The van der Waals surface area contributed by atoms with Gasteiger partial charge in [-0.15, -0.1) is 0 Å². The topological polar surface area (TPSA) is 23.8 Å². The Kier molecular flexibility index (Phi) is 22.3. The van der Waals surface area contributed by atoms with Crippen molar-refractivity contribution in [2.24, 2.45) is 0 Å². The molecule has 0 aromatic rings. The van der Waals surface area contributed by atoms with Gasteiger partial charge in [-0.1, -0.05) is 0 Å². The normalized spacial score (nSPS) is 2.00. The van der Waals surface area contributed by atoms with E-state index in [0.29, 0.717) is 0 Å². The van der Waals surface area contributed by atoms with Gasteiger partial charge in [0.1, 0.15) is 0 Å². The van der Waals surface area contributed by atoms with Gasteiger partial charge in [0.05, 0.1) is 6.07 Å². The van der Waals surface area contributed by atoms with E-state index in [1.54, 1.807) is 6.07 Å². The first-order valence-corrected chi connectivity index (χ1v) is 0.724. The van der Waals surface area contributed by atoms with E-state index in [1.165, 1.54) is 6.92 Å². The van der Waals surface area contributed by atoms with Gasteiger partial charge < -0.3 is 0 Å². The quantitative estimate of drug-likeness (QED) is 0.471. The van der Waals surface area contributed by atoms with Gasteiger partial charge in [-0.2, -0.15) is 5.26 Å². The molecule has 0 saturated heterocycles. The Labute approximate surface area is 44.7 Å². The summed E-state index contributed by atoms with van der Waals surface area (Å²) in [6.45, 7) is 1.43. The smallest absolute Gasteiger partial charge is 0.0587 e. The fourth-order valence-electron chi connectivity index (χ4n) is 0. The summed E-state index contributed by atoms with van der Waals surface area (Å²) < 4.78 is 0. The first-order chi connectivity index (χ1) is 1.41. The fourth-order valence-corrected chi connectivity index (χ4v) is 0. The molecule has 0 bridgehead atoms. The summed E-state index contributed by atoms with van der Waals surface area (Å²) in [4.78, 5) is 0. The molecule has 1 nitrogen and oxygen atoms in total. The van der Waals surface area contributed by atoms with Crippen LogP contribution in [0.4, 0.5) is 0 Å². The second-order valence-corrected chi connectivity index (χ2v) is 0.224. The maximum atomic E-state index is 7.32. The third kappa shape index (κ3) is 32.1. The van der Waals surface area contributed by atoms with E-state index in [9.17, 15) is 0 Å². The molecule has 0 heterocycles. The van der Waals surface area contributed by atoms with E-state index >= 15 is 0 Å². The molecule has 0 saturated carbocycles. The summed E-state index contributed by atoms with van der Waals surface area (Å²) in [6, 6.07) is 1.75. The molecular formula is C2H3NZr. The molecule has 0 aliphatic heterocycles. The van der Waals surface area contributed by atoms with Crippen LogP contribution in [0.15, 0.2) is 0 Å². The van der Waals surface area contributed by atoms with Gasteiger partial charge >= 0.3 is 0 Å². The molecule has 0 aromatic heterocycles. The van der Waals surface area contributed by atoms with Crippen LogP contribution in [0.5, 0.6) is 0 Å². The monoisotopic (exact) mass is 131 g/mol. The predicted octanol–water partition coefficient (Wildman–Crippen LogP) is 0.527. The molecule has 2 heteroatoms. The Morgan fingerprint density at radius 1 is 1.75 bits per heavy atom. The van der Waals surface area contributed by atoms with Crippen LogP contribution in [0.1, 0.15) is 6.92 Å². The molecule has 0 aliphatic rings. The van der Waals surface area contributed by atoms with Crippen molar-refractivity contribution < 1.29 is 26.2 Å². The van der Waals surface area contributed by atoms with Gasteiger partial charge in [0.2, 0.25) is 0 Å².